The minimum atomic E-state index is -0.534. The Morgan fingerprint density at radius 2 is 2.05 bits per heavy atom. The molecule has 6 heteroatoms. The quantitative estimate of drug-likeness (QED) is 0.801. The van der Waals surface area contributed by atoms with E-state index in [9.17, 15) is 4.79 Å². The third-order valence-electron chi connectivity index (χ3n) is 3.45. The van der Waals surface area contributed by atoms with Gasteiger partial charge in [-0.1, -0.05) is 44.2 Å². The van der Waals surface area contributed by atoms with E-state index in [-0.39, 0.29) is 5.91 Å². The van der Waals surface area contributed by atoms with E-state index in [0.29, 0.717) is 25.4 Å². The van der Waals surface area contributed by atoms with E-state index in [1.807, 2.05) is 34.9 Å². The van der Waals surface area contributed by atoms with Gasteiger partial charge in [0.2, 0.25) is 5.91 Å². The highest BCUT2D eigenvalue weighted by molar-refractivity contribution is 5.81. The lowest BCUT2D eigenvalue weighted by molar-refractivity contribution is -0.122. The lowest BCUT2D eigenvalue weighted by atomic mass is 10.1. The molecule has 1 atom stereocenters. The summed E-state index contributed by atoms with van der Waals surface area (Å²) in [6.45, 7) is 5.28. The molecule has 1 heterocycles. The summed E-state index contributed by atoms with van der Waals surface area (Å²) in [4.78, 5) is 12.0. The zero-order valence-corrected chi connectivity index (χ0v) is 13.1. The molecule has 0 saturated heterocycles. The Kier molecular flexibility index (Phi) is 5.66. The van der Waals surface area contributed by atoms with E-state index in [2.05, 4.69) is 29.4 Å². The maximum Gasteiger partial charge on any atom is 0.237 e. The lowest BCUT2D eigenvalue weighted by Gasteiger charge is -2.13. The molecule has 1 amide bonds. The Balaban J connectivity index is 1.79. The number of hydrogen-bond donors (Lipinski definition) is 2. The molecule has 1 aromatic heterocycles. The fourth-order valence-corrected chi connectivity index (χ4v) is 2.27. The third kappa shape index (κ3) is 4.39. The number of nitrogens with two attached hydrogens (primary N) is 1. The van der Waals surface area contributed by atoms with Crippen LogP contribution in [0.3, 0.4) is 0 Å². The molecule has 2 rings (SSSR count). The van der Waals surface area contributed by atoms with E-state index in [0.717, 1.165) is 11.4 Å². The SMILES string of the molecule is CC(C)c1nncn1CCNC(=O)C(N)Cc1ccccc1. The van der Waals surface area contributed by atoms with Gasteiger partial charge in [-0.05, 0) is 12.0 Å². The van der Waals surface area contributed by atoms with Gasteiger partial charge in [-0.2, -0.15) is 0 Å². The van der Waals surface area contributed by atoms with E-state index < -0.39 is 6.04 Å². The van der Waals surface area contributed by atoms with E-state index in [1.54, 1.807) is 6.33 Å². The monoisotopic (exact) mass is 301 g/mol. The molecule has 0 radical (unpaired) electrons. The molecular formula is C16H23N5O. The van der Waals surface area contributed by atoms with Crippen molar-refractivity contribution in [3.05, 3.63) is 48.0 Å². The van der Waals surface area contributed by atoms with Crippen LogP contribution in [0.15, 0.2) is 36.7 Å². The van der Waals surface area contributed by atoms with Crippen LogP contribution in [0.5, 0.6) is 0 Å². The van der Waals surface area contributed by atoms with Gasteiger partial charge in [0, 0.05) is 19.0 Å². The van der Waals surface area contributed by atoms with Crippen molar-refractivity contribution in [3.8, 4) is 0 Å². The second kappa shape index (κ2) is 7.70. The molecule has 22 heavy (non-hydrogen) atoms. The Hall–Kier alpha value is -2.21. The number of carbonyl (C=O) groups excluding carboxylic acids is 1. The van der Waals surface area contributed by atoms with E-state index >= 15 is 0 Å². The Morgan fingerprint density at radius 1 is 1.32 bits per heavy atom. The topological polar surface area (TPSA) is 85.8 Å². The van der Waals surface area contributed by atoms with Gasteiger partial charge in [-0.25, -0.2) is 0 Å². The van der Waals surface area contributed by atoms with Crippen molar-refractivity contribution >= 4 is 5.91 Å². The zero-order chi connectivity index (χ0) is 15.9. The molecule has 2 aromatic rings. The number of aromatic nitrogens is 3. The maximum absolute atomic E-state index is 12.0. The first-order valence-electron chi connectivity index (χ1n) is 7.53. The Morgan fingerprint density at radius 3 is 2.73 bits per heavy atom. The second-order valence-electron chi connectivity index (χ2n) is 5.62. The van der Waals surface area contributed by atoms with Crippen LogP contribution in [0.25, 0.3) is 0 Å². The van der Waals surface area contributed by atoms with Crippen LogP contribution in [-0.2, 0) is 17.8 Å². The molecule has 1 unspecified atom stereocenters. The second-order valence-corrected chi connectivity index (χ2v) is 5.62. The van der Waals surface area contributed by atoms with E-state index in [1.165, 1.54) is 0 Å². The molecule has 0 aliphatic heterocycles. The normalized spacial score (nSPS) is 12.4. The fraction of sp³-hybridized carbons (Fsp3) is 0.438. The minimum absolute atomic E-state index is 0.136. The standard InChI is InChI=1S/C16H23N5O/c1-12(2)15-20-19-11-21(15)9-8-18-16(22)14(17)10-13-6-4-3-5-7-13/h3-7,11-12,14H,8-10,17H2,1-2H3,(H,18,22). The molecule has 0 aliphatic carbocycles. The zero-order valence-electron chi connectivity index (χ0n) is 13.1. The molecule has 1 aromatic carbocycles. The molecule has 3 N–H and O–H groups in total. The molecule has 118 valence electrons. The van der Waals surface area contributed by atoms with Gasteiger partial charge < -0.3 is 15.6 Å². The van der Waals surface area contributed by atoms with Crippen LogP contribution in [0.2, 0.25) is 0 Å². The number of benzene rings is 1. The van der Waals surface area contributed by atoms with Gasteiger partial charge in [-0.3, -0.25) is 4.79 Å². The molecule has 0 saturated carbocycles. The summed E-state index contributed by atoms with van der Waals surface area (Å²) >= 11 is 0. The summed E-state index contributed by atoms with van der Waals surface area (Å²) in [5.41, 5.74) is 7.00. The van der Waals surface area contributed by atoms with Crippen LogP contribution < -0.4 is 11.1 Å². The highest BCUT2D eigenvalue weighted by Crippen LogP contribution is 2.09. The van der Waals surface area contributed by atoms with Crippen molar-refractivity contribution in [3.63, 3.8) is 0 Å². The molecule has 0 fully saturated rings. The molecular weight excluding hydrogens is 278 g/mol. The van der Waals surface area contributed by atoms with Crippen LogP contribution in [0.1, 0.15) is 31.2 Å². The van der Waals surface area contributed by atoms with Crippen molar-refractivity contribution in [2.75, 3.05) is 6.54 Å². The minimum Gasteiger partial charge on any atom is -0.353 e. The summed E-state index contributed by atoms with van der Waals surface area (Å²) in [7, 11) is 0. The summed E-state index contributed by atoms with van der Waals surface area (Å²) in [6, 6.07) is 9.24. The predicted molar refractivity (Wildman–Crippen MR) is 85.2 cm³/mol. The summed E-state index contributed by atoms with van der Waals surface area (Å²) in [5.74, 6) is 1.09. The molecule has 0 spiro atoms. The Labute approximate surface area is 130 Å². The van der Waals surface area contributed by atoms with Crippen LogP contribution in [-0.4, -0.2) is 33.3 Å². The van der Waals surface area contributed by atoms with E-state index in [4.69, 9.17) is 5.73 Å². The van der Waals surface area contributed by atoms with Crippen molar-refractivity contribution < 1.29 is 4.79 Å². The van der Waals surface area contributed by atoms with Gasteiger partial charge in [0.1, 0.15) is 12.2 Å². The number of nitrogens with one attached hydrogen (secondary N) is 1. The van der Waals surface area contributed by atoms with Crippen molar-refractivity contribution in [1.82, 2.24) is 20.1 Å². The van der Waals surface area contributed by atoms with Gasteiger partial charge in [-0.15, -0.1) is 10.2 Å². The predicted octanol–water partition coefficient (Wildman–Crippen LogP) is 1.09. The van der Waals surface area contributed by atoms with Crippen molar-refractivity contribution in [2.24, 2.45) is 5.73 Å². The van der Waals surface area contributed by atoms with Crippen LogP contribution >= 0.6 is 0 Å². The van der Waals surface area contributed by atoms with Gasteiger partial charge >= 0.3 is 0 Å². The van der Waals surface area contributed by atoms with Crippen LogP contribution in [0, 0.1) is 0 Å². The van der Waals surface area contributed by atoms with Crippen molar-refractivity contribution in [2.45, 2.75) is 38.8 Å². The first-order chi connectivity index (χ1) is 10.6. The maximum atomic E-state index is 12.0. The number of amides is 1. The average molecular weight is 301 g/mol. The van der Waals surface area contributed by atoms with Gasteiger partial charge in [0.25, 0.3) is 0 Å². The highest BCUT2D eigenvalue weighted by atomic mass is 16.2. The van der Waals surface area contributed by atoms with Gasteiger partial charge in [0.15, 0.2) is 0 Å². The smallest absolute Gasteiger partial charge is 0.237 e. The van der Waals surface area contributed by atoms with Crippen molar-refractivity contribution in [1.29, 1.82) is 0 Å². The number of carbonyl (C=O) groups is 1. The largest absolute Gasteiger partial charge is 0.353 e. The molecule has 6 nitrogen and oxygen atoms in total. The third-order valence-corrected chi connectivity index (χ3v) is 3.45. The average Bonchev–Trinajstić information content (AvgIpc) is 2.97. The lowest BCUT2D eigenvalue weighted by Crippen LogP contribution is -2.43. The highest BCUT2D eigenvalue weighted by Gasteiger charge is 2.14. The fourth-order valence-electron chi connectivity index (χ4n) is 2.27. The van der Waals surface area contributed by atoms with Gasteiger partial charge in [0.05, 0.1) is 6.04 Å². The number of rotatable bonds is 7. The number of hydrogen-bond acceptors (Lipinski definition) is 4. The summed E-state index contributed by atoms with van der Waals surface area (Å²) in [5, 5.41) is 10.9. The summed E-state index contributed by atoms with van der Waals surface area (Å²) < 4.78 is 1.95. The first kappa shape index (κ1) is 16.2. The first-order valence-corrected chi connectivity index (χ1v) is 7.53. The molecule has 0 aliphatic rings. The number of nitrogens with zero attached hydrogens (tertiary/aromatic N) is 3. The van der Waals surface area contributed by atoms with Crippen LogP contribution in [0.4, 0.5) is 0 Å². The Bertz CT molecular complexity index is 594. The molecule has 0 bridgehead atoms. The summed E-state index contributed by atoms with van der Waals surface area (Å²) in [6.07, 6.45) is 2.22.